The second-order valence-electron chi connectivity index (χ2n) is 7.24. The number of ether oxygens (including phenoxy) is 1. The third-order valence-electron chi connectivity index (χ3n) is 5.82. The van der Waals surface area contributed by atoms with Crippen molar-refractivity contribution in [2.75, 3.05) is 0 Å². The highest BCUT2D eigenvalue weighted by molar-refractivity contribution is 5.92. The van der Waals surface area contributed by atoms with Crippen molar-refractivity contribution in [2.24, 2.45) is 0 Å². The molecule has 0 spiro atoms. The maximum Gasteiger partial charge on any atom is 0.340 e. The number of pyridine rings is 2. The molecule has 1 unspecified atom stereocenters. The number of aromatic hydroxyl groups is 1. The highest BCUT2D eigenvalue weighted by Crippen LogP contribution is 2.39. The van der Waals surface area contributed by atoms with Gasteiger partial charge in [-0.25, -0.2) is 9.78 Å². The van der Waals surface area contributed by atoms with Gasteiger partial charge in [0.15, 0.2) is 6.10 Å². The minimum Gasteiger partial charge on any atom is -0.508 e. The minimum atomic E-state index is -1.46. The molecule has 5 rings (SSSR count). The molecule has 0 radical (unpaired) electrons. The number of cyclic esters (lactones) is 1. The Morgan fingerprint density at radius 2 is 1.84 bits per heavy atom. The second kappa shape index (κ2) is 9.12. The van der Waals surface area contributed by atoms with E-state index in [1.165, 1.54) is 0 Å². The van der Waals surface area contributed by atoms with Crippen LogP contribution in [-0.4, -0.2) is 25.7 Å². The molecule has 3 aromatic rings. The molecule has 170 valence electrons. The SMILES string of the molecule is CC.CC.CCc1c2c(nc3ccc(O)c(C)c13)-c1cc3c(c(=O)n1C2)COC(=O)C3O. The van der Waals surface area contributed by atoms with Gasteiger partial charge in [-0.15, -0.1) is 0 Å². The van der Waals surface area contributed by atoms with E-state index < -0.39 is 12.1 Å². The van der Waals surface area contributed by atoms with Crippen LogP contribution in [-0.2, 0) is 29.1 Å². The molecule has 2 aromatic heterocycles. The predicted molar refractivity (Wildman–Crippen MR) is 124 cm³/mol. The second-order valence-corrected chi connectivity index (χ2v) is 7.24. The average Bonchev–Trinajstić information content (AvgIpc) is 3.19. The van der Waals surface area contributed by atoms with Crippen molar-refractivity contribution in [3.8, 4) is 17.1 Å². The van der Waals surface area contributed by atoms with Gasteiger partial charge in [0.2, 0.25) is 0 Å². The topological polar surface area (TPSA) is 102 Å². The van der Waals surface area contributed by atoms with E-state index in [-0.39, 0.29) is 17.9 Å². The maximum atomic E-state index is 13.0. The predicted octanol–water partition coefficient (Wildman–Crippen LogP) is 4.14. The number of hydrogen-bond donors (Lipinski definition) is 2. The lowest BCUT2D eigenvalue weighted by Gasteiger charge is -2.21. The number of phenolic OH excluding ortho intramolecular Hbond substituents is 1. The molecule has 2 aliphatic rings. The van der Waals surface area contributed by atoms with E-state index in [0.29, 0.717) is 29.1 Å². The van der Waals surface area contributed by atoms with Crippen LogP contribution in [0.4, 0.5) is 0 Å². The lowest BCUT2D eigenvalue weighted by atomic mass is 9.95. The number of aliphatic hydroxyl groups is 1. The molecule has 0 bridgehead atoms. The molecule has 0 aliphatic carbocycles. The summed E-state index contributed by atoms with van der Waals surface area (Å²) in [5, 5.41) is 21.3. The van der Waals surface area contributed by atoms with Crippen LogP contribution >= 0.6 is 0 Å². The number of phenols is 1. The number of rotatable bonds is 1. The lowest BCUT2D eigenvalue weighted by Crippen LogP contribution is -2.32. The normalized spacial score (nSPS) is 15.5. The van der Waals surface area contributed by atoms with Crippen molar-refractivity contribution in [1.29, 1.82) is 0 Å². The molecule has 0 saturated heterocycles. The van der Waals surface area contributed by atoms with E-state index in [2.05, 4.69) is 0 Å². The third-order valence-corrected chi connectivity index (χ3v) is 5.82. The Hall–Kier alpha value is -3.19. The highest BCUT2D eigenvalue weighted by Gasteiger charge is 2.34. The molecule has 7 heteroatoms. The Kier molecular flexibility index (Phi) is 6.69. The largest absolute Gasteiger partial charge is 0.508 e. The van der Waals surface area contributed by atoms with Crippen LogP contribution in [0.15, 0.2) is 23.0 Å². The molecule has 7 nitrogen and oxygen atoms in total. The molecule has 4 heterocycles. The minimum absolute atomic E-state index is 0.135. The zero-order chi connectivity index (χ0) is 23.7. The number of aromatic nitrogens is 2. The smallest absolute Gasteiger partial charge is 0.340 e. The van der Waals surface area contributed by atoms with Crippen molar-refractivity contribution >= 4 is 16.9 Å². The standard InChI is InChI=1S/C21H18N2O5.2C2H6/c1-3-10-12-7-23-15(6-11-13(20(23)26)8-28-21(27)19(11)25)18(12)22-14-4-5-16(24)9(2)17(10)14;2*1-2/h4-6,19,24-25H,3,7-8H2,1-2H3;2*1-2H3. The van der Waals surface area contributed by atoms with Crippen molar-refractivity contribution in [3.05, 3.63) is 56.4 Å². The third kappa shape index (κ3) is 3.37. The van der Waals surface area contributed by atoms with Gasteiger partial charge < -0.3 is 19.5 Å². The van der Waals surface area contributed by atoms with Gasteiger partial charge in [-0.2, -0.15) is 0 Å². The Morgan fingerprint density at radius 1 is 1.16 bits per heavy atom. The van der Waals surface area contributed by atoms with Crippen molar-refractivity contribution < 1.29 is 19.7 Å². The average molecular weight is 439 g/mol. The maximum absolute atomic E-state index is 13.0. The lowest BCUT2D eigenvalue weighted by molar-refractivity contribution is -0.157. The molecule has 0 fully saturated rings. The number of esters is 1. The molecule has 0 amide bonds. The summed E-state index contributed by atoms with van der Waals surface area (Å²) in [5.74, 6) is -0.534. The van der Waals surface area contributed by atoms with Gasteiger partial charge in [-0.1, -0.05) is 34.6 Å². The monoisotopic (exact) mass is 438 g/mol. The summed E-state index contributed by atoms with van der Waals surface area (Å²) in [4.78, 5) is 29.5. The Balaban J connectivity index is 0.000000686. The summed E-state index contributed by atoms with van der Waals surface area (Å²) in [6.45, 7) is 12.1. The molecule has 1 atom stereocenters. The van der Waals surface area contributed by atoms with Gasteiger partial charge in [0, 0.05) is 22.1 Å². The Bertz CT molecular complexity index is 1260. The van der Waals surface area contributed by atoms with Crippen LogP contribution in [0.5, 0.6) is 5.75 Å². The molecule has 2 aliphatic heterocycles. The summed E-state index contributed by atoms with van der Waals surface area (Å²) >= 11 is 0. The number of fused-ring (bicyclic) bond motifs is 5. The fourth-order valence-electron chi connectivity index (χ4n) is 4.37. The molecule has 32 heavy (non-hydrogen) atoms. The van der Waals surface area contributed by atoms with E-state index in [9.17, 15) is 19.8 Å². The number of carbonyl (C=O) groups is 1. The summed E-state index contributed by atoms with van der Waals surface area (Å²) < 4.78 is 6.55. The number of aryl methyl sites for hydroxylation is 2. The molecular formula is C25H30N2O5. The summed E-state index contributed by atoms with van der Waals surface area (Å²) in [6.07, 6.45) is -0.741. The summed E-state index contributed by atoms with van der Waals surface area (Å²) in [7, 11) is 0. The number of carbonyl (C=O) groups excluding carboxylic acids is 1. The van der Waals surface area contributed by atoms with E-state index >= 15 is 0 Å². The van der Waals surface area contributed by atoms with E-state index in [4.69, 9.17) is 9.72 Å². The first-order chi connectivity index (χ1) is 15.4. The Morgan fingerprint density at radius 3 is 2.50 bits per heavy atom. The van der Waals surface area contributed by atoms with E-state index in [1.54, 1.807) is 22.8 Å². The fraction of sp³-hybridized carbons (Fsp3) is 0.400. The molecule has 0 saturated carbocycles. The summed E-state index contributed by atoms with van der Waals surface area (Å²) in [6, 6.07) is 5.06. The molecule has 2 N–H and O–H groups in total. The molecular weight excluding hydrogens is 408 g/mol. The van der Waals surface area contributed by atoms with Crippen molar-refractivity contribution in [2.45, 2.75) is 67.2 Å². The first-order valence-corrected chi connectivity index (χ1v) is 11.2. The van der Waals surface area contributed by atoms with Gasteiger partial charge in [0.1, 0.15) is 12.4 Å². The van der Waals surface area contributed by atoms with Crippen LogP contribution < -0.4 is 5.56 Å². The number of benzene rings is 1. The van der Waals surface area contributed by atoms with Gasteiger partial charge in [0.25, 0.3) is 5.56 Å². The zero-order valence-corrected chi connectivity index (χ0v) is 19.4. The number of nitrogens with zero attached hydrogens (tertiary/aromatic N) is 2. The number of hydrogen-bond acceptors (Lipinski definition) is 6. The highest BCUT2D eigenvalue weighted by atomic mass is 16.5. The van der Waals surface area contributed by atoms with E-state index in [1.807, 2.05) is 41.5 Å². The quantitative estimate of drug-likeness (QED) is 0.433. The van der Waals surface area contributed by atoms with Crippen LogP contribution in [0.25, 0.3) is 22.3 Å². The van der Waals surface area contributed by atoms with Gasteiger partial charge >= 0.3 is 5.97 Å². The first-order valence-electron chi connectivity index (χ1n) is 11.2. The van der Waals surface area contributed by atoms with Gasteiger partial charge in [-0.05, 0) is 37.1 Å². The van der Waals surface area contributed by atoms with Gasteiger partial charge in [0.05, 0.1) is 29.0 Å². The van der Waals surface area contributed by atoms with Crippen LogP contribution in [0.2, 0.25) is 0 Å². The van der Waals surface area contributed by atoms with Crippen molar-refractivity contribution in [3.63, 3.8) is 0 Å². The Labute approximate surface area is 187 Å². The first kappa shape index (κ1) is 23.5. The van der Waals surface area contributed by atoms with Crippen LogP contribution in [0, 0.1) is 6.92 Å². The van der Waals surface area contributed by atoms with Gasteiger partial charge in [-0.3, -0.25) is 4.79 Å². The molecule has 1 aromatic carbocycles. The fourth-order valence-corrected chi connectivity index (χ4v) is 4.37. The number of aliphatic hydroxyl groups excluding tert-OH is 1. The van der Waals surface area contributed by atoms with Crippen LogP contribution in [0.3, 0.4) is 0 Å². The van der Waals surface area contributed by atoms with E-state index in [0.717, 1.165) is 34.0 Å². The van der Waals surface area contributed by atoms with Crippen LogP contribution in [0.1, 0.15) is 68.5 Å². The summed E-state index contributed by atoms with van der Waals surface area (Å²) in [5.41, 5.74) is 5.08. The van der Waals surface area contributed by atoms with Crippen molar-refractivity contribution in [1.82, 2.24) is 9.55 Å². The zero-order valence-electron chi connectivity index (χ0n) is 19.4.